The SMILES string of the molecule is CNC(C)C(=O)Nc1ccc2c(n1)n(C)c(=O)n2C.Cl. The highest BCUT2D eigenvalue weighted by atomic mass is 35.5. The van der Waals surface area contributed by atoms with E-state index in [0.717, 1.165) is 5.52 Å². The Bertz CT molecular complexity index is 691. The van der Waals surface area contributed by atoms with E-state index < -0.39 is 0 Å². The van der Waals surface area contributed by atoms with Gasteiger partial charge >= 0.3 is 5.69 Å². The molecule has 0 aromatic carbocycles. The number of carbonyl (C=O) groups is 1. The largest absolute Gasteiger partial charge is 0.329 e. The third-order valence-corrected chi connectivity index (χ3v) is 3.19. The van der Waals surface area contributed by atoms with Crippen molar-refractivity contribution in [3.8, 4) is 0 Å². The molecule has 20 heavy (non-hydrogen) atoms. The molecule has 1 atom stereocenters. The summed E-state index contributed by atoms with van der Waals surface area (Å²) in [4.78, 5) is 27.8. The van der Waals surface area contributed by atoms with Gasteiger partial charge in [-0.05, 0) is 26.1 Å². The molecule has 2 N–H and O–H groups in total. The summed E-state index contributed by atoms with van der Waals surface area (Å²) in [5, 5.41) is 5.55. The van der Waals surface area contributed by atoms with Crippen molar-refractivity contribution in [3.63, 3.8) is 0 Å². The molecule has 0 spiro atoms. The topological polar surface area (TPSA) is 81.0 Å². The Hall–Kier alpha value is -1.86. The van der Waals surface area contributed by atoms with Crippen LogP contribution >= 0.6 is 12.4 Å². The van der Waals surface area contributed by atoms with E-state index in [1.807, 2.05) is 0 Å². The number of likely N-dealkylation sites (N-methyl/N-ethyl adjacent to an activating group) is 1. The van der Waals surface area contributed by atoms with Crippen molar-refractivity contribution < 1.29 is 4.79 Å². The number of fused-ring (bicyclic) bond motifs is 1. The maximum absolute atomic E-state index is 11.8. The summed E-state index contributed by atoms with van der Waals surface area (Å²) < 4.78 is 2.97. The van der Waals surface area contributed by atoms with Crippen LogP contribution in [0.2, 0.25) is 0 Å². The van der Waals surface area contributed by atoms with E-state index in [9.17, 15) is 9.59 Å². The molecule has 2 aromatic rings. The third kappa shape index (κ3) is 2.68. The first-order valence-corrected chi connectivity index (χ1v) is 5.96. The number of hydrogen-bond acceptors (Lipinski definition) is 4. The molecule has 2 heterocycles. The smallest absolute Gasteiger partial charge is 0.309 e. The van der Waals surface area contributed by atoms with Gasteiger partial charge in [0, 0.05) is 14.1 Å². The first kappa shape index (κ1) is 16.2. The van der Waals surface area contributed by atoms with Crippen LogP contribution in [0.3, 0.4) is 0 Å². The van der Waals surface area contributed by atoms with Crippen LogP contribution < -0.4 is 16.3 Å². The average Bonchev–Trinajstić information content (AvgIpc) is 2.63. The van der Waals surface area contributed by atoms with Crippen molar-refractivity contribution in [2.45, 2.75) is 13.0 Å². The van der Waals surface area contributed by atoms with E-state index in [0.29, 0.717) is 11.5 Å². The first-order chi connectivity index (χ1) is 8.95. The number of pyridine rings is 1. The van der Waals surface area contributed by atoms with Gasteiger partial charge in [0.2, 0.25) is 5.91 Å². The highest BCUT2D eigenvalue weighted by Gasteiger charge is 2.13. The lowest BCUT2D eigenvalue weighted by atomic mass is 10.3. The predicted molar refractivity (Wildman–Crippen MR) is 80.4 cm³/mol. The number of anilines is 1. The lowest BCUT2D eigenvalue weighted by Crippen LogP contribution is -2.35. The van der Waals surface area contributed by atoms with Gasteiger partial charge in [-0.2, -0.15) is 0 Å². The van der Waals surface area contributed by atoms with Gasteiger partial charge < -0.3 is 10.6 Å². The minimum Gasteiger partial charge on any atom is -0.309 e. The second-order valence-electron chi connectivity index (χ2n) is 4.44. The van der Waals surface area contributed by atoms with Crippen molar-refractivity contribution in [1.82, 2.24) is 19.4 Å². The third-order valence-electron chi connectivity index (χ3n) is 3.19. The molecule has 0 aliphatic carbocycles. The van der Waals surface area contributed by atoms with Gasteiger partial charge in [0.15, 0.2) is 5.65 Å². The number of aryl methyl sites for hydroxylation is 2. The molecule has 1 unspecified atom stereocenters. The number of amides is 1. The highest BCUT2D eigenvalue weighted by Crippen LogP contribution is 2.13. The van der Waals surface area contributed by atoms with Crippen LogP contribution in [0.5, 0.6) is 0 Å². The van der Waals surface area contributed by atoms with Gasteiger partial charge in [-0.25, -0.2) is 9.78 Å². The molecule has 0 bridgehead atoms. The number of carbonyl (C=O) groups excluding carboxylic acids is 1. The first-order valence-electron chi connectivity index (χ1n) is 5.96. The zero-order chi connectivity index (χ0) is 14.2. The fraction of sp³-hybridized carbons (Fsp3) is 0.417. The molecule has 0 saturated carbocycles. The molecule has 1 amide bonds. The Morgan fingerprint density at radius 1 is 1.30 bits per heavy atom. The average molecular weight is 300 g/mol. The fourth-order valence-electron chi connectivity index (χ4n) is 1.80. The molecular formula is C12H18ClN5O2. The van der Waals surface area contributed by atoms with Crippen LogP contribution in [0.4, 0.5) is 5.82 Å². The van der Waals surface area contributed by atoms with Gasteiger partial charge in [-0.3, -0.25) is 13.9 Å². The summed E-state index contributed by atoms with van der Waals surface area (Å²) in [5.41, 5.74) is 1.13. The monoisotopic (exact) mass is 299 g/mol. The maximum atomic E-state index is 11.8. The standard InChI is InChI=1S/C12H17N5O2.ClH/c1-7(13-2)11(18)15-9-6-5-8-10(14-9)17(4)12(19)16(8)3;/h5-7,13H,1-4H3,(H,14,15,18);1H. The Morgan fingerprint density at radius 3 is 2.55 bits per heavy atom. The number of aromatic nitrogens is 3. The molecular weight excluding hydrogens is 282 g/mol. The molecule has 0 fully saturated rings. The summed E-state index contributed by atoms with van der Waals surface area (Å²) in [7, 11) is 5.05. The molecule has 8 heteroatoms. The van der Waals surface area contributed by atoms with E-state index in [4.69, 9.17) is 0 Å². The van der Waals surface area contributed by atoms with Crippen LogP contribution in [-0.2, 0) is 18.9 Å². The summed E-state index contributed by atoms with van der Waals surface area (Å²) in [6.07, 6.45) is 0. The van der Waals surface area contributed by atoms with Crippen LogP contribution in [-0.4, -0.2) is 33.1 Å². The molecule has 0 saturated heterocycles. The van der Waals surface area contributed by atoms with Gasteiger partial charge in [0.25, 0.3) is 0 Å². The van der Waals surface area contributed by atoms with Crippen LogP contribution in [0.25, 0.3) is 11.2 Å². The molecule has 0 aliphatic rings. The summed E-state index contributed by atoms with van der Waals surface area (Å²) in [5.74, 6) is 0.260. The van der Waals surface area contributed by atoms with E-state index in [1.54, 1.807) is 40.2 Å². The van der Waals surface area contributed by atoms with E-state index in [2.05, 4.69) is 15.6 Å². The number of hydrogen-bond donors (Lipinski definition) is 2. The van der Waals surface area contributed by atoms with Gasteiger partial charge in [-0.15, -0.1) is 12.4 Å². The van der Waals surface area contributed by atoms with E-state index >= 15 is 0 Å². The number of halogens is 1. The van der Waals surface area contributed by atoms with Crippen molar-refractivity contribution in [1.29, 1.82) is 0 Å². The lowest BCUT2D eigenvalue weighted by molar-refractivity contribution is -0.117. The summed E-state index contributed by atoms with van der Waals surface area (Å²) >= 11 is 0. The second-order valence-corrected chi connectivity index (χ2v) is 4.44. The maximum Gasteiger partial charge on any atom is 0.329 e. The molecule has 0 aliphatic heterocycles. The molecule has 110 valence electrons. The minimum atomic E-state index is -0.308. The Balaban J connectivity index is 0.00000200. The molecule has 0 radical (unpaired) electrons. The fourth-order valence-corrected chi connectivity index (χ4v) is 1.80. The summed E-state index contributed by atoms with van der Waals surface area (Å²) in [6.45, 7) is 1.76. The normalized spacial score (nSPS) is 12.0. The van der Waals surface area contributed by atoms with Gasteiger partial charge in [0.1, 0.15) is 5.82 Å². The van der Waals surface area contributed by atoms with Crippen molar-refractivity contribution in [2.75, 3.05) is 12.4 Å². The quantitative estimate of drug-likeness (QED) is 0.851. The molecule has 2 rings (SSSR count). The van der Waals surface area contributed by atoms with E-state index in [1.165, 1.54) is 9.13 Å². The number of imidazole rings is 1. The number of rotatable bonds is 3. The van der Waals surface area contributed by atoms with Gasteiger partial charge in [-0.1, -0.05) is 0 Å². The predicted octanol–water partition coefficient (Wildman–Crippen LogP) is 0.240. The zero-order valence-corrected chi connectivity index (χ0v) is 12.6. The Kier molecular flexibility index (Phi) is 4.91. The molecule has 7 nitrogen and oxygen atoms in total. The van der Waals surface area contributed by atoms with E-state index in [-0.39, 0.29) is 30.0 Å². The lowest BCUT2D eigenvalue weighted by Gasteiger charge is -2.10. The number of nitrogens with one attached hydrogen (secondary N) is 2. The molecule has 2 aromatic heterocycles. The van der Waals surface area contributed by atoms with Gasteiger partial charge in [0.05, 0.1) is 11.6 Å². The van der Waals surface area contributed by atoms with Crippen LogP contribution in [0.15, 0.2) is 16.9 Å². The highest BCUT2D eigenvalue weighted by molar-refractivity contribution is 5.94. The van der Waals surface area contributed by atoms with Crippen LogP contribution in [0, 0.1) is 0 Å². The minimum absolute atomic E-state index is 0. The summed E-state index contributed by atoms with van der Waals surface area (Å²) in [6, 6.07) is 3.14. The Labute approximate surface area is 122 Å². The number of nitrogens with zero attached hydrogens (tertiary/aromatic N) is 3. The zero-order valence-electron chi connectivity index (χ0n) is 11.8. The second kappa shape index (κ2) is 6.06. The van der Waals surface area contributed by atoms with Crippen molar-refractivity contribution in [2.24, 2.45) is 14.1 Å². The van der Waals surface area contributed by atoms with Crippen molar-refractivity contribution in [3.05, 3.63) is 22.6 Å². The van der Waals surface area contributed by atoms with Crippen molar-refractivity contribution >= 4 is 35.3 Å². The van der Waals surface area contributed by atoms with Crippen LogP contribution in [0.1, 0.15) is 6.92 Å². The Morgan fingerprint density at radius 2 is 1.95 bits per heavy atom.